The Labute approximate surface area is 191 Å². The van der Waals surface area contributed by atoms with Crippen LogP contribution in [0.2, 0.25) is 0 Å². The molecule has 4 heteroatoms. The molecule has 0 saturated carbocycles. The molecule has 0 aliphatic carbocycles. The maximum Gasteiger partial charge on any atom is 0.130 e. The number of aliphatic imine (C=N–C) groups is 1. The first-order chi connectivity index (χ1) is 15.3. The zero-order valence-corrected chi connectivity index (χ0v) is 19.8. The predicted molar refractivity (Wildman–Crippen MR) is 133 cm³/mol. The van der Waals surface area contributed by atoms with E-state index < -0.39 is 0 Å². The van der Waals surface area contributed by atoms with Crippen LogP contribution in [0.5, 0.6) is 17.2 Å². The monoisotopic (exact) mass is 428 g/mol. The smallest absolute Gasteiger partial charge is 0.130 e. The number of anilines is 1. The third kappa shape index (κ3) is 4.36. The van der Waals surface area contributed by atoms with Crippen LogP contribution < -0.4 is 14.4 Å². The fraction of sp³-hybridized carbons (Fsp3) is 0.321. The number of fused-ring (bicyclic) bond motifs is 1. The van der Waals surface area contributed by atoms with Crippen molar-refractivity contribution in [2.45, 2.75) is 45.6 Å². The van der Waals surface area contributed by atoms with Crippen LogP contribution in [-0.4, -0.2) is 25.9 Å². The van der Waals surface area contributed by atoms with Crippen LogP contribution in [0.15, 0.2) is 65.7 Å². The fourth-order valence-corrected chi connectivity index (χ4v) is 4.43. The minimum Gasteiger partial charge on any atom is -0.496 e. The largest absolute Gasteiger partial charge is 0.496 e. The summed E-state index contributed by atoms with van der Waals surface area (Å²) < 4.78 is 11.7. The lowest BCUT2D eigenvalue weighted by molar-refractivity contribution is 0.389. The van der Waals surface area contributed by atoms with Gasteiger partial charge in [-0.1, -0.05) is 25.1 Å². The number of benzene rings is 3. The van der Waals surface area contributed by atoms with E-state index in [4.69, 9.17) is 14.5 Å². The standard InChI is InChI=1S/C28H32N2O2/c1-19-9-7-8-10-26(19)32-23-13-11-22(12-14-23)29-18-21-15-24-20(2)17-28(3,4)30(5)25(24)16-27(21)31-6/h7-16,18,20H,17H2,1-6H3. The highest BCUT2D eigenvalue weighted by Crippen LogP contribution is 2.44. The number of hydrogen-bond acceptors (Lipinski definition) is 4. The zero-order valence-electron chi connectivity index (χ0n) is 19.8. The van der Waals surface area contributed by atoms with Gasteiger partial charge in [0.25, 0.3) is 0 Å². The fourth-order valence-electron chi connectivity index (χ4n) is 4.43. The maximum atomic E-state index is 5.99. The Morgan fingerprint density at radius 1 is 1.03 bits per heavy atom. The number of aryl methyl sites for hydroxylation is 1. The number of para-hydroxylation sites is 1. The van der Waals surface area contributed by atoms with Gasteiger partial charge in [0.2, 0.25) is 0 Å². The van der Waals surface area contributed by atoms with Crippen LogP contribution in [0.1, 0.15) is 49.8 Å². The molecule has 1 aliphatic heterocycles. The van der Waals surface area contributed by atoms with Gasteiger partial charge in [-0.25, -0.2) is 0 Å². The zero-order chi connectivity index (χ0) is 22.9. The molecule has 0 spiro atoms. The molecule has 0 bridgehead atoms. The van der Waals surface area contributed by atoms with Crippen LogP contribution in [0.25, 0.3) is 0 Å². The van der Waals surface area contributed by atoms with Gasteiger partial charge >= 0.3 is 0 Å². The van der Waals surface area contributed by atoms with Gasteiger partial charge in [0.1, 0.15) is 17.2 Å². The van der Waals surface area contributed by atoms with E-state index in [2.05, 4.69) is 44.9 Å². The van der Waals surface area contributed by atoms with Gasteiger partial charge in [-0.15, -0.1) is 0 Å². The molecule has 0 radical (unpaired) electrons. The van der Waals surface area contributed by atoms with E-state index in [9.17, 15) is 0 Å². The Kier molecular flexibility index (Phi) is 5.96. The van der Waals surface area contributed by atoms with Gasteiger partial charge in [-0.2, -0.15) is 0 Å². The Bertz CT molecular complexity index is 1130. The van der Waals surface area contributed by atoms with Gasteiger partial charge in [-0.3, -0.25) is 4.99 Å². The van der Waals surface area contributed by atoms with Gasteiger partial charge in [-0.05, 0) is 80.6 Å². The lowest BCUT2D eigenvalue weighted by Gasteiger charge is -2.45. The van der Waals surface area contributed by atoms with Crippen molar-refractivity contribution in [2.24, 2.45) is 4.99 Å². The van der Waals surface area contributed by atoms with Crippen molar-refractivity contribution in [3.05, 3.63) is 77.4 Å². The van der Waals surface area contributed by atoms with Crippen LogP contribution in [0, 0.1) is 6.92 Å². The summed E-state index contributed by atoms with van der Waals surface area (Å²) >= 11 is 0. The summed E-state index contributed by atoms with van der Waals surface area (Å²) in [6, 6.07) is 20.2. The molecule has 1 unspecified atom stereocenters. The molecule has 4 rings (SSSR count). The number of rotatable bonds is 5. The van der Waals surface area contributed by atoms with E-state index in [-0.39, 0.29) is 5.54 Å². The van der Waals surface area contributed by atoms with E-state index in [0.29, 0.717) is 5.92 Å². The number of hydrogen-bond donors (Lipinski definition) is 0. The van der Waals surface area contributed by atoms with E-state index in [0.717, 1.165) is 40.5 Å². The highest BCUT2D eigenvalue weighted by molar-refractivity contribution is 5.87. The second-order valence-corrected chi connectivity index (χ2v) is 9.25. The van der Waals surface area contributed by atoms with Crippen LogP contribution in [-0.2, 0) is 0 Å². The molecule has 0 saturated heterocycles. The summed E-state index contributed by atoms with van der Waals surface area (Å²) in [7, 11) is 3.88. The van der Waals surface area contributed by atoms with Crippen molar-refractivity contribution >= 4 is 17.6 Å². The Balaban J connectivity index is 1.57. The van der Waals surface area contributed by atoms with Gasteiger partial charge in [0, 0.05) is 36.1 Å². The Morgan fingerprint density at radius 3 is 2.44 bits per heavy atom. The molecule has 0 aromatic heterocycles. The summed E-state index contributed by atoms with van der Waals surface area (Å²) in [6.45, 7) is 8.93. The Morgan fingerprint density at radius 2 is 1.75 bits per heavy atom. The summed E-state index contributed by atoms with van der Waals surface area (Å²) in [5.41, 5.74) is 5.67. The van der Waals surface area contributed by atoms with Crippen molar-refractivity contribution in [1.29, 1.82) is 0 Å². The first kappa shape index (κ1) is 21.9. The molecular weight excluding hydrogens is 396 g/mol. The highest BCUT2D eigenvalue weighted by Gasteiger charge is 2.34. The van der Waals surface area contributed by atoms with Crippen LogP contribution in [0.4, 0.5) is 11.4 Å². The molecule has 1 heterocycles. The molecule has 1 atom stereocenters. The third-order valence-corrected chi connectivity index (χ3v) is 6.50. The molecule has 32 heavy (non-hydrogen) atoms. The second kappa shape index (κ2) is 8.70. The average Bonchev–Trinajstić information content (AvgIpc) is 2.78. The van der Waals surface area contributed by atoms with Crippen LogP contribution >= 0.6 is 0 Å². The van der Waals surface area contributed by atoms with Crippen molar-refractivity contribution in [1.82, 2.24) is 0 Å². The molecular formula is C28H32N2O2. The van der Waals surface area contributed by atoms with Crippen molar-refractivity contribution in [2.75, 3.05) is 19.1 Å². The molecule has 1 aliphatic rings. The summed E-state index contributed by atoms with van der Waals surface area (Å²) in [6.07, 6.45) is 3.00. The predicted octanol–water partition coefficient (Wildman–Crippen LogP) is 7.27. The third-order valence-electron chi connectivity index (χ3n) is 6.50. The number of methoxy groups -OCH3 is 1. The molecule has 166 valence electrons. The van der Waals surface area contributed by atoms with E-state index in [1.807, 2.05) is 61.7 Å². The minimum atomic E-state index is 0.120. The van der Waals surface area contributed by atoms with E-state index in [1.165, 1.54) is 11.3 Å². The minimum absolute atomic E-state index is 0.120. The van der Waals surface area contributed by atoms with Gasteiger partial charge in [0.05, 0.1) is 12.8 Å². The van der Waals surface area contributed by atoms with Crippen molar-refractivity contribution in [3.8, 4) is 17.2 Å². The Hall–Kier alpha value is -3.27. The SMILES string of the molecule is COc1cc2c(cc1C=Nc1ccc(Oc3ccccc3C)cc1)C(C)CC(C)(C)N2C. The molecule has 3 aromatic carbocycles. The van der Waals surface area contributed by atoms with E-state index in [1.54, 1.807) is 7.11 Å². The lowest BCUT2D eigenvalue weighted by Crippen LogP contribution is -2.45. The molecule has 0 fully saturated rings. The molecule has 4 nitrogen and oxygen atoms in total. The normalized spacial score (nSPS) is 17.3. The highest BCUT2D eigenvalue weighted by atomic mass is 16.5. The summed E-state index contributed by atoms with van der Waals surface area (Å²) in [5.74, 6) is 2.98. The van der Waals surface area contributed by atoms with Gasteiger partial charge < -0.3 is 14.4 Å². The second-order valence-electron chi connectivity index (χ2n) is 9.25. The lowest BCUT2D eigenvalue weighted by atomic mass is 9.80. The first-order valence-electron chi connectivity index (χ1n) is 11.1. The van der Waals surface area contributed by atoms with Crippen molar-refractivity contribution < 1.29 is 9.47 Å². The first-order valence-corrected chi connectivity index (χ1v) is 11.1. The quantitative estimate of drug-likeness (QED) is 0.401. The molecule has 0 N–H and O–H groups in total. The number of ether oxygens (including phenoxy) is 2. The van der Waals surface area contributed by atoms with Crippen molar-refractivity contribution in [3.63, 3.8) is 0 Å². The van der Waals surface area contributed by atoms with E-state index >= 15 is 0 Å². The summed E-state index contributed by atoms with van der Waals surface area (Å²) in [5, 5.41) is 0. The topological polar surface area (TPSA) is 34.1 Å². The van der Waals surface area contributed by atoms with Gasteiger partial charge in [0.15, 0.2) is 0 Å². The maximum absolute atomic E-state index is 5.99. The number of nitrogens with zero attached hydrogens (tertiary/aromatic N) is 2. The molecule has 0 amide bonds. The van der Waals surface area contributed by atoms with Crippen LogP contribution in [0.3, 0.4) is 0 Å². The molecule has 3 aromatic rings. The summed E-state index contributed by atoms with van der Waals surface area (Å²) in [4.78, 5) is 7.06. The average molecular weight is 429 g/mol.